The minimum absolute atomic E-state index is 0.0850. The van der Waals surface area contributed by atoms with E-state index >= 15 is 0 Å². The maximum absolute atomic E-state index is 12.3. The Balaban J connectivity index is 1.75. The summed E-state index contributed by atoms with van der Waals surface area (Å²) in [7, 11) is 4.50. The zero-order chi connectivity index (χ0) is 18.7. The molecule has 0 fully saturated rings. The van der Waals surface area contributed by atoms with Crippen LogP contribution < -0.4 is 24.8 Å². The molecule has 1 aliphatic carbocycles. The molecule has 3 rings (SSSR count). The standard InChI is InChI=1S/C17H19N3O5S/c1-23-12-7-9(8-13(24-2)14(12)25-3)18-16(22)20-17-19-10-5-4-6-11(21)15(10)26-17/h7-8H,4-6H2,1-3H3,(H2,18,19,20,22). The minimum Gasteiger partial charge on any atom is -0.493 e. The first-order valence-corrected chi connectivity index (χ1v) is 8.78. The Bertz CT molecular complexity index is 824. The first kappa shape index (κ1) is 18.0. The van der Waals surface area contributed by atoms with Crippen LogP contribution in [0.5, 0.6) is 17.2 Å². The summed E-state index contributed by atoms with van der Waals surface area (Å²) in [6.07, 6.45) is 2.09. The number of hydrogen-bond donors (Lipinski definition) is 2. The summed E-state index contributed by atoms with van der Waals surface area (Å²) in [5.74, 6) is 1.38. The number of aromatic nitrogens is 1. The number of amides is 2. The molecule has 1 aliphatic rings. The maximum atomic E-state index is 12.3. The number of fused-ring (bicyclic) bond motifs is 1. The van der Waals surface area contributed by atoms with Crippen LogP contribution in [-0.4, -0.2) is 38.1 Å². The van der Waals surface area contributed by atoms with Crippen LogP contribution in [0.25, 0.3) is 0 Å². The predicted octanol–water partition coefficient (Wildman–Crippen LogP) is 3.33. The fourth-order valence-corrected chi connectivity index (χ4v) is 3.71. The Labute approximate surface area is 154 Å². The van der Waals surface area contributed by atoms with Crippen molar-refractivity contribution in [2.45, 2.75) is 19.3 Å². The Kier molecular flexibility index (Phi) is 5.27. The lowest BCUT2D eigenvalue weighted by molar-refractivity contribution is 0.0976. The van der Waals surface area contributed by atoms with Crippen molar-refractivity contribution in [3.05, 3.63) is 22.7 Å². The summed E-state index contributed by atoms with van der Waals surface area (Å²) in [4.78, 5) is 29.1. The lowest BCUT2D eigenvalue weighted by Crippen LogP contribution is -2.19. The SMILES string of the molecule is COc1cc(NC(=O)Nc2nc3c(s2)C(=O)CCC3)cc(OC)c1OC. The Morgan fingerprint density at radius 2 is 1.77 bits per heavy atom. The van der Waals surface area contributed by atoms with Gasteiger partial charge in [0.1, 0.15) is 0 Å². The third kappa shape index (κ3) is 3.57. The highest BCUT2D eigenvalue weighted by Crippen LogP contribution is 2.40. The van der Waals surface area contributed by atoms with Gasteiger partial charge in [-0.15, -0.1) is 0 Å². The Morgan fingerprint density at radius 3 is 2.35 bits per heavy atom. The topological polar surface area (TPSA) is 98.8 Å². The van der Waals surface area contributed by atoms with Crippen molar-refractivity contribution in [1.29, 1.82) is 0 Å². The lowest BCUT2D eigenvalue weighted by Gasteiger charge is -2.14. The first-order chi connectivity index (χ1) is 12.5. The Morgan fingerprint density at radius 1 is 1.08 bits per heavy atom. The molecule has 1 aromatic carbocycles. The van der Waals surface area contributed by atoms with Crippen molar-refractivity contribution in [2.24, 2.45) is 0 Å². The van der Waals surface area contributed by atoms with Gasteiger partial charge >= 0.3 is 6.03 Å². The van der Waals surface area contributed by atoms with Gasteiger partial charge in [0, 0.05) is 18.6 Å². The third-order valence-electron chi connectivity index (χ3n) is 3.91. The van der Waals surface area contributed by atoms with E-state index in [1.807, 2.05) is 0 Å². The van der Waals surface area contributed by atoms with E-state index in [2.05, 4.69) is 15.6 Å². The lowest BCUT2D eigenvalue weighted by atomic mass is 10.0. The van der Waals surface area contributed by atoms with E-state index in [1.54, 1.807) is 12.1 Å². The highest BCUT2D eigenvalue weighted by atomic mass is 32.1. The summed E-state index contributed by atoms with van der Waals surface area (Å²) in [6, 6.07) is 2.77. The van der Waals surface area contributed by atoms with Crippen molar-refractivity contribution in [3.8, 4) is 17.2 Å². The number of carbonyl (C=O) groups is 2. The van der Waals surface area contributed by atoms with Gasteiger partial charge in [-0.1, -0.05) is 11.3 Å². The average molecular weight is 377 g/mol. The molecule has 2 aromatic rings. The van der Waals surface area contributed by atoms with Crippen LogP contribution >= 0.6 is 11.3 Å². The quantitative estimate of drug-likeness (QED) is 0.829. The summed E-state index contributed by atoms with van der Waals surface area (Å²) in [5, 5.41) is 5.76. The van der Waals surface area contributed by atoms with Gasteiger partial charge in [0.2, 0.25) is 5.75 Å². The second-order valence-corrected chi connectivity index (χ2v) is 6.56. The fraction of sp³-hybridized carbons (Fsp3) is 0.353. The van der Waals surface area contributed by atoms with Gasteiger partial charge < -0.3 is 19.5 Å². The van der Waals surface area contributed by atoms with Gasteiger partial charge in [-0.25, -0.2) is 9.78 Å². The molecule has 2 N–H and O–H groups in total. The molecule has 8 nitrogen and oxygen atoms in total. The van der Waals surface area contributed by atoms with Crippen molar-refractivity contribution < 1.29 is 23.8 Å². The van der Waals surface area contributed by atoms with Gasteiger partial charge in [0.05, 0.1) is 37.6 Å². The molecule has 0 aliphatic heterocycles. The Hall–Kier alpha value is -2.81. The highest BCUT2D eigenvalue weighted by Gasteiger charge is 2.23. The van der Waals surface area contributed by atoms with E-state index in [0.29, 0.717) is 39.4 Å². The predicted molar refractivity (Wildman–Crippen MR) is 98.1 cm³/mol. The molecule has 0 spiro atoms. The number of anilines is 2. The monoisotopic (exact) mass is 377 g/mol. The van der Waals surface area contributed by atoms with Crippen molar-refractivity contribution in [1.82, 2.24) is 4.98 Å². The molecule has 1 heterocycles. The van der Waals surface area contributed by atoms with Crippen molar-refractivity contribution >= 4 is 34.0 Å². The summed E-state index contributed by atoms with van der Waals surface area (Å²) in [5.41, 5.74) is 1.23. The number of aryl methyl sites for hydroxylation is 1. The fourth-order valence-electron chi connectivity index (χ4n) is 2.74. The van der Waals surface area contributed by atoms with Crippen molar-refractivity contribution in [3.63, 3.8) is 0 Å². The minimum atomic E-state index is -0.474. The van der Waals surface area contributed by atoms with Gasteiger partial charge in [-0.05, 0) is 12.8 Å². The van der Waals surface area contributed by atoms with E-state index in [9.17, 15) is 9.59 Å². The van der Waals surface area contributed by atoms with Crippen LogP contribution in [0.1, 0.15) is 28.2 Å². The number of thiazole rings is 1. The third-order valence-corrected chi connectivity index (χ3v) is 4.97. The maximum Gasteiger partial charge on any atom is 0.325 e. The largest absolute Gasteiger partial charge is 0.493 e. The number of hydrogen-bond acceptors (Lipinski definition) is 7. The molecule has 138 valence electrons. The number of ether oxygens (including phenoxy) is 3. The normalized spacial score (nSPS) is 13.0. The second kappa shape index (κ2) is 7.61. The zero-order valence-corrected chi connectivity index (χ0v) is 15.5. The molecule has 26 heavy (non-hydrogen) atoms. The number of ketones is 1. The van der Waals surface area contributed by atoms with E-state index in [0.717, 1.165) is 18.5 Å². The van der Waals surface area contributed by atoms with Crippen LogP contribution in [0, 0.1) is 0 Å². The van der Waals surface area contributed by atoms with Crippen LogP contribution in [-0.2, 0) is 6.42 Å². The van der Waals surface area contributed by atoms with Crippen molar-refractivity contribution in [2.75, 3.05) is 32.0 Å². The average Bonchev–Trinajstić information content (AvgIpc) is 3.04. The number of rotatable bonds is 5. The summed E-state index contributed by atoms with van der Waals surface area (Å²) < 4.78 is 15.8. The van der Waals surface area contributed by atoms with Crippen LogP contribution in [0.15, 0.2) is 12.1 Å². The molecule has 0 radical (unpaired) electrons. The molecular formula is C17H19N3O5S. The van der Waals surface area contributed by atoms with Gasteiger partial charge in [0.15, 0.2) is 22.4 Å². The van der Waals surface area contributed by atoms with E-state index in [4.69, 9.17) is 14.2 Å². The number of Topliss-reactive ketones (excluding diaryl/α,β-unsaturated/α-hetero) is 1. The molecule has 9 heteroatoms. The number of carbonyl (C=O) groups excluding carboxylic acids is 2. The molecular weight excluding hydrogens is 358 g/mol. The molecule has 0 unspecified atom stereocenters. The van der Waals surface area contributed by atoms with Crippen LogP contribution in [0.2, 0.25) is 0 Å². The molecule has 0 atom stereocenters. The molecule has 2 amide bonds. The summed E-state index contributed by atoms with van der Waals surface area (Å²) >= 11 is 1.20. The second-order valence-electron chi connectivity index (χ2n) is 5.56. The van der Waals surface area contributed by atoms with Crippen LogP contribution in [0.4, 0.5) is 15.6 Å². The molecule has 0 bridgehead atoms. The first-order valence-electron chi connectivity index (χ1n) is 7.96. The van der Waals surface area contributed by atoms with E-state index in [-0.39, 0.29) is 5.78 Å². The molecule has 0 saturated heterocycles. The smallest absolute Gasteiger partial charge is 0.325 e. The van der Waals surface area contributed by atoms with Gasteiger partial charge in [-0.3, -0.25) is 10.1 Å². The van der Waals surface area contributed by atoms with Gasteiger partial charge in [-0.2, -0.15) is 0 Å². The number of nitrogens with one attached hydrogen (secondary N) is 2. The zero-order valence-electron chi connectivity index (χ0n) is 14.7. The number of urea groups is 1. The molecule has 0 saturated carbocycles. The van der Waals surface area contributed by atoms with Crippen LogP contribution in [0.3, 0.4) is 0 Å². The number of methoxy groups -OCH3 is 3. The van der Waals surface area contributed by atoms with E-state index in [1.165, 1.54) is 32.7 Å². The highest BCUT2D eigenvalue weighted by molar-refractivity contribution is 7.17. The number of benzene rings is 1. The summed E-state index contributed by atoms with van der Waals surface area (Å²) in [6.45, 7) is 0. The molecule has 1 aromatic heterocycles. The van der Waals surface area contributed by atoms with E-state index < -0.39 is 6.03 Å². The number of nitrogens with zero attached hydrogens (tertiary/aromatic N) is 1. The van der Waals surface area contributed by atoms with Gasteiger partial charge in [0.25, 0.3) is 0 Å².